The Morgan fingerprint density at radius 2 is 1.34 bits per heavy atom. The standard InChI is InChI=1S/C52H88N10O15/c1-5-28(2)24-29(3)12-10-8-6-7-9-11-13-39(69)56-34-26-38(68)46(55-22-21-54)60-50(75)43-37(67)19-23-61(43)52(77)41(36(66)18-20-53)58-49(74)42(45(71)44(70)31-14-16-32(64)17-15-31)59-48(73)35-25-33(65)27-62(35)51(76)40(30(4)63)57-47(34)72/h14-17,28-30,33-38,40-46,55,63-68,70-71H,5-13,18-27,53-54H2,1-4H3,(H,56,69)(H,57,72)(H,58,74)(H,59,73)(H,60,75)/t28?,29?,30-,33+,34-,35+,36-,37+,38-,40+,41+,42+,43+,44-,45-,46?/m1/s1. The predicted molar refractivity (Wildman–Crippen MR) is 280 cm³/mol. The molecule has 18 N–H and O–H groups in total. The van der Waals surface area contributed by atoms with Crippen LogP contribution < -0.4 is 43.4 Å². The molecule has 7 amide bonds. The molecule has 0 spiro atoms. The first kappa shape index (κ1) is 64.4. The smallest absolute Gasteiger partial charge is 0.248 e. The van der Waals surface area contributed by atoms with E-state index >= 15 is 0 Å². The molecule has 0 bridgehead atoms. The molecule has 77 heavy (non-hydrogen) atoms. The van der Waals surface area contributed by atoms with Crippen LogP contribution in [0.3, 0.4) is 0 Å². The normalized spacial score (nSPS) is 28.6. The molecule has 0 radical (unpaired) electrons. The number of hydrogen-bond acceptors (Lipinski definition) is 18. The van der Waals surface area contributed by atoms with Crippen molar-refractivity contribution in [1.82, 2.24) is 41.7 Å². The maximum atomic E-state index is 14.6. The highest BCUT2D eigenvalue weighted by atomic mass is 16.3. The Hall–Kier alpha value is -5.09. The van der Waals surface area contributed by atoms with Crippen LogP contribution >= 0.6 is 0 Å². The van der Waals surface area contributed by atoms with Crippen LogP contribution in [0.4, 0.5) is 0 Å². The van der Waals surface area contributed by atoms with Gasteiger partial charge in [0.2, 0.25) is 41.4 Å². The lowest BCUT2D eigenvalue weighted by atomic mass is 9.91. The highest BCUT2D eigenvalue weighted by Gasteiger charge is 2.49. The average molecular weight is 1090 g/mol. The van der Waals surface area contributed by atoms with E-state index in [-0.39, 0.29) is 56.8 Å². The van der Waals surface area contributed by atoms with Gasteiger partial charge >= 0.3 is 0 Å². The van der Waals surface area contributed by atoms with E-state index in [1.165, 1.54) is 30.7 Å². The van der Waals surface area contributed by atoms with Gasteiger partial charge in [-0.25, -0.2) is 0 Å². The van der Waals surface area contributed by atoms with Crippen LogP contribution in [0, 0.1) is 11.8 Å². The molecule has 3 heterocycles. The quantitative estimate of drug-likeness (QED) is 0.0477. The molecular weight excluding hydrogens is 1000 g/mol. The Labute approximate surface area is 450 Å². The van der Waals surface area contributed by atoms with Gasteiger partial charge in [-0.15, -0.1) is 0 Å². The molecule has 3 aliphatic heterocycles. The first-order valence-corrected chi connectivity index (χ1v) is 27.3. The molecule has 3 aliphatic rings. The van der Waals surface area contributed by atoms with Crippen LogP contribution in [0.2, 0.25) is 0 Å². The lowest BCUT2D eigenvalue weighted by Crippen LogP contribution is -2.65. The maximum Gasteiger partial charge on any atom is 0.248 e. The molecule has 3 unspecified atom stereocenters. The van der Waals surface area contributed by atoms with Gasteiger partial charge in [-0.1, -0.05) is 77.8 Å². The molecule has 25 heteroatoms. The summed E-state index contributed by atoms with van der Waals surface area (Å²) < 4.78 is 0. The lowest BCUT2D eigenvalue weighted by molar-refractivity contribution is -0.148. The number of nitrogens with one attached hydrogen (secondary N) is 6. The first-order chi connectivity index (χ1) is 36.5. The van der Waals surface area contributed by atoms with Gasteiger partial charge in [0.1, 0.15) is 60.4 Å². The number of hydrogen-bond donors (Lipinski definition) is 16. The number of unbranched alkanes of at least 4 members (excludes halogenated alkanes) is 5. The van der Waals surface area contributed by atoms with E-state index < -0.39 is 146 Å². The largest absolute Gasteiger partial charge is 0.508 e. The van der Waals surface area contributed by atoms with Crippen LogP contribution in [0.15, 0.2) is 24.3 Å². The number of amides is 7. The summed E-state index contributed by atoms with van der Waals surface area (Å²) in [4.78, 5) is 102. The van der Waals surface area contributed by atoms with E-state index in [1.54, 1.807) is 0 Å². The number of nitrogens with zero attached hydrogens (tertiary/aromatic N) is 2. The van der Waals surface area contributed by atoms with Crippen LogP contribution in [-0.2, 0) is 33.6 Å². The summed E-state index contributed by atoms with van der Waals surface area (Å²) in [6, 6.07) is -6.40. The van der Waals surface area contributed by atoms with Crippen molar-refractivity contribution >= 4 is 41.4 Å². The molecule has 0 aliphatic carbocycles. The number of nitrogens with two attached hydrogens (primary N) is 2. The van der Waals surface area contributed by atoms with Gasteiger partial charge in [0.05, 0.1) is 30.5 Å². The zero-order chi connectivity index (χ0) is 57.1. The third-order valence-corrected chi connectivity index (χ3v) is 14.9. The van der Waals surface area contributed by atoms with Crippen molar-refractivity contribution in [3.05, 3.63) is 29.8 Å². The number of fused-ring (bicyclic) bond motifs is 2. The second kappa shape index (κ2) is 31.5. The zero-order valence-corrected chi connectivity index (χ0v) is 45.0. The van der Waals surface area contributed by atoms with Gasteiger partial charge in [0.25, 0.3) is 0 Å². The summed E-state index contributed by atoms with van der Waals surface area (Å²) in [7, 11) is 0. The molecule has 16 atom stereocenters. The highest BCUT2D eigenvalue weighted by molar-refractivity contribution is 5.98. The molecular formula is C52H88N10O15. The molecule has 1 aromatic rings. The zero-order valence-electron chi connectivity index (χ0n) is 45.0. The van der Waals surface area contributed by atoms with E-state index in [1.807, 2.05) is 0 Å². The summed E-state index contributed by atoms with van der Waals surface area (Å²) in [6.07, 6.45) is -6.95. The van der Waals surface area contributed by atoms with Gasteiger partial charge in [-0.2, -0.15) is 0 Å². The Bertz CT molecular complexity index is 2070. The number of carbonyl (C=O) groups excluding carboxylic acids is 7. The van der Waals surface area contributed by atoms with E-state index in [9.17, 15) is 74.4 Å². The van der Waals surface area contributed by atoms with Crippen molar-refractivity contribution in [3.63, 3.8) is 0 Å². The van der Waals surface area contributed by atoms with E-state index in [0.717, 1.165) is 55.2 Å². The summed E-state index contributed by atoms with van der Waals surface area (Å²) in [6.45, 7) is 6.73. The maximum absolute atomic E-state index is 14.6. The average Bonchev–Trinajstić information content (AvgIpc) is 3.99. The molecule has 4 rings (SSSR count). The third-order valence-electron chi connectivity index (χ3n) is 14.9. The number of rotatable bonds is 23. The number of aliphatic hydroxyl groups excluding tert-OH is 7. The minimum atomic E-state index is -2.28. The van der Waals surface area contributed by atoms with Crippen LogP contribution in [0.5, 0.6) is 5.75 Å². The van der Waals surface area contributed by atoms with Gasteiger partial charge in [-0.3, -0.25) is 38.9 Å². The highest BCUT2D eigenvalue weighted by Crippen LogP contribution is 2.27. The SMILES string of the molecule is CCC(C)CC(C)CCCCCCCCC(=O)N[C@@H]1C[C@@H](O)C(NCCN)NC(=O)[C@@H]2[C@@H](O)CCN2C(=O)[C@H]([C@H](O)CCN)NC(=O)[C@H]([C@@H](O)[C@H](O)c2ccc(O)cc2)NC(=O)[C@@H]2C[C@H](O)CN2C(=O)[C@H]([C@@H](C)O)NC1=O. The summed E-state index contributed by atoms with van der Waals surface area (Å²) in [5, 5.41) is 104. The van der Waals surface area contributed by atoms with Crippen molar-refractivity contribution in [3.8, 4) is 5.75 Å². The Morgan fingerprint density at radius 3 is 1.97 bits per heavy atom. The fourth-order valence-electron chi connectivity index (χ4n) is 10.2. The van der Waals surface area contributed by atoms with Gasteiger partial charge in [-0.05, 0) is 68.7 Å². The lowest BCUT2D eigenvalue weighted by Gasteiger charge is -2.35. The van der Waals surface area contributed by atoms with Gasteiger partial charge in [0, 0.05) is 45.4 Å². The van der Waals surface area contributed by atoms with Crippen LogP contribution in [-0.4, -0.2) is 204 Å². The number of aliphatic hydroxyl groups is 7. The van der Waals surface area contributed by atoms with Gasteiger partial charge < -0.3 is 88.7 Å². The number of benzene rings is 1. The molecule has 1 aromatic carbocycles. The van der Waals surface area contributed by atoms with Crippen LogP contribution in [0.1, 0.15) is 129 Å². The Kier molecular flexibility index (Phi) is 26.4. The predicted octanol–water partition coefficient (Wildman–Crippen LogP) is -3.31. The number of phenolic OH excluding ortho intramolecular Hbond substituents is 1. The summed E-state index contributed by atoms with van der Waals surface area (Å²) in [5.41, 5.74) is 11.5. The number of carbonyl (C=O) groups is 7. The monoisotopic (exact) mass is 1090 g/mol. The Morgan fingerprint density at radius 1 is 0.714 bits per heavy atom. The number of phenols is 1. The van der Waals surface area contributed by atoms with E-state index in [0.29, 0.717) is 24.7 Å². The second-order valence-electron chi connectivity index (χ2n) is 21.3. The molecule has 0 saturated carbocycles. The van der Waals surface area contributed by atoms with Crippen molar-refractivity contribution in [2.75, 3.05) is 32.7 Å². The van der Waals surface area contributed by atoms with E-state index in [2.05, 4.69) is 52.7 Å². The third kappa shape index (κ3) is 18.8. The van der Waals surface area contributed by atoms with Crippen molar-refractivity contribution < 1.29 is 74.4 Å². The first-order valence-electron chi connectivity index (χ1n) is 27.3. The van der Waals surface area contributed by atoms with Crippen molar-refractivity contribution in [1.29, 1.82) is 0 Å². The summed E-state index contributed by atoms with van der Waals surface area (Å²) in [5.74, 6) is -6.43. The van der Waals surface area contributed by atoms with Crippen molar-refractivity contribution in [2.45, 2.75) is 203 Å². The summed E-state index contributed by atoms with van der Waals surface area (Å²) >= 11 is 0. The Balaban J connectivity index is 1.73. The van der Waals surface area contributed by atoms with Crippen LogP contribution in [0.25, 0.3) is 0 Å². The second-order valence-corrected chi connectivity index (χ2v) is 21.3. The molecule has 25 nitrogen and oxygen atoms in total. The molecule has 436 valence electrons. The number of aromatic hydroxyl groups is 1. The fourth-order valence-corrected chi connectivity index (χ4v) is 10.2. The van der Waals surface area contributed by atoms with E-state index in [4.69, 9.17) is 11.5 Å². The minimum Gasteiger partial charge on any atom is -0.508 e. The molecule has 3 saturated heterocycles. The molecule has 3 fully saturated rings. The topological polar surface area (TPSA) is 412 Å². The van der Waals surface area contributed by atoms with Crippen molar-refractivity contribution in [2.24, 2.45) is 23.3 Å². The fraction of sp³-hybridized carbons (Fsp3) is 0.750. The minimum absolute atomic E-state index is 0.0257. The van der Waals surface area contributed by atoms with Gasteiger partial charge in [0.15, 0.2) is 0 Å². The molecule has 0 aromatic heterocycles.